The Morgan fingerprint density at radius 3 is 2.42 bits per heavy atom. The van der Waals surface area contributed by atoms with Crippen molar-refractivity contribution in [3.63, 3.8) is 0 Å². The highest BCUT2D eigenvalue weighted by Crippen LogP contribution is 2.30. The molecule has 0 amide bonds. The van der Waals surface area contributed by atoms with Crippen molar-refractivity contribution in [3.05, 3.63) is 52.7 Å². The van der Waals surface area contributed by atoms with Crippen LogP contribution in [0.2, 0.25) is 0 Å². The molecule has 1 aliphatic rings. The van der Waals surface area contributed by atoms with Crippen LogP contribution in [0.3, 0.4) is 0 Å². The fourth-order valence-corrected chi connectivity index (χ4v) is 2.77. The van der Waals surface area contributed by atoms with E-state index in [1.807, 2.05) is 52.0 Å². The summed E-state index contributed by atoms with van der Waals surface area (Å²) in [6.07, 6.45) is 3.92. The van der Waals surface area contributed by atoms with Crippen LogP contribution < -0.4 is 10.6 Å². The summed E-state index contributed by atoms with van der Waals surface area (Å²) in [6, 6.07) is 7.85. The molecule has 0 bridgehead atoms. The van der Waals surface area contributed by atoms with Crippen LogP contribution in [0.25, 0.3) is 6.08 Å². The molecule has 0 aliphatic carbocycles. The summed E-state index contributed by atoms with van der Waals surface area (Å²) in [5.74, 6) is -0.360. The van der Waals surface area contributed by atoms with Crippen molar-refractivity contribution in [2.45, 2.75) is 33.7 Å². The zero-order valence-electron chi connectivity index (χ0n) is 14.8. The number of hydrogen-bond acceptors (Lipinski definition) is 3. The molecule has 0 aromatic heterocycles. The number of ether oxygens (including phenoxy) is 1. The van der Waals surface area contributed by atoms with Crippen molar-refractivity contribution in [1.82, 2.24) is 10.6 Å². The maximum absolute atomic E-state index is 12.4. The van der Waals surface area contributed by atoms with Crippen molar-refractivity contribution in [3.8, 4) is 0 Å². The van der Waals surface area contributed by atoms with Gasteiger partial charge in [-0.1, -0.05) is 62.8 Å². The monoisotopic (exact) mass is 344 g/mol. The Bertz CT molecular complexity index is 697. The molecule has 5 heteroatoms. The number of rotatable bonds is 3. The Kier molecular flexibility index (Phi) is 5.44. The van der Waals surface area contributed by atoms with Gasteiger partial charge in [-0.25, -0.2) is 4.79 Å². The van der Waals surface area contributed by atoms with E-state index < -0.39 is 0 Å². The molecule has 0 radical (unpaired) electrons. The number of thiocarbonyl (C=S) groups is 1. The Hall–Kier alpha value is -2.14. The minimum Gasteiger partial charge on any atom is -0.466 e. The van der Waals surface area contributed by atoms with E-state index in [-0.39, 0.29) is 17.4 Å². The van der Waals surface area contributed by atoms with Crippen molar-refractivity contribution in [1.29, 1.82) is 0 Å². The Morgan fingerprint density at radius 2 is 1.88 bits per heavy atom. The van der Waals surface area contributed by atoms with Gasteiger partial charge in [0.15, 0.2) is 5.11 Å². The van der Waals surface area contributed by atoms with Crippen LogP contribution in [-0.4, -0.2) is 24.2 Å². The van der Waals surface area contributed by atoms with Gasteiger partial charge in [-0.05, 0) is 24.7 Å². The molecule has 1 heterocycles. The average Bonchev–Trinajstić information content (AvgIpc) is 2.52. The number of allylic oxidation sites excluding steroid dienone is 1. The normalized spacial score (nSPS) is 18.4. The van der Waals surface area contributed by atoms with E-state index in [1.54, 1.807) is 0 Å². The lowest BCUT2D eigenvalue weighted by molar-refractivity contribution is -0.136. The van der Waals surface area contributed by atoms with Crippen molar-refractivity contribution in [2.24, 2.45) is 5.41 Å². The minimum atomic E-state index is -0.360. The Balaban J connectivity index is 2.43. The zero-order valence-corrected chi connectivity index (χ0v) is 15.6. The van der Waals surface area contributed by atoms with Crippen LogP contribution in [-0.2, 0) is 9.53 Å². The highest BCUT2D eigenvalue weighted by Gasteiger charge is 2.34. The van der Waals surface area contributed by atoms with Crippen molar-refractivity contribution < 1.29 is 9.53 Å². The lowest BCUT2D eigenvalue weighted by Crippen LogP contribution is -2.51. The first kappa shape index (κ1) is 18.2. The van der Waals surface area contributed by atoms with E-state index in [4.69, 9.17) is 17.0 Å². The number of methoxy groups -OCH3 is 1. The van der Waals surface area contributed by atoms with Gasteiger partial charge in [-0.3, -0.25) is 0 Å². The van der Waals surface area contributed by atoms with Crippen LogP contribution in [0.4, 0.5) is 0 Å². The molecule has 0 saturated heterocycles. The SMILES string of the molecule is COC(=O)C1=C(C(C)(C)C)NC(=S)N[C@H]1/C=C/c1ccc(C)cc1. The van der Waals surface area contributed by atoms with Gasteiger partial charge in [-0.15, -0.1) is 0 Å². The van der Waals surface area contributed by atoms with Gasteiger partial charge < -0.3 is 15.4 Å². The summed E-state index contributed by atoms with van der Waals surface area (Å²) in [5, 5.41) is 6.77. The molecule has 4 nitrogen and oxygen atoms in total. The van der Waals surface area contributed by atoms with E-state index in [9.17, 15) is 4.79 Å². The second-order valence-corrected chi connectivity index (χ2v) is 7.28. The number of carbonyl (C=O) groups excluding carboxylic acids is 1. The first-order valence-corrected chi connectivity index (χ1v) is 8.28. The fourth-order valence-electron chi connectivity index (χ4n) is 2.55. The summed E-state index contributed by atoms with van der Waals surface area (Å²) in [4.78, 5) is 12.4. The van der Waals surface area contributed by atoms with Gasteiger partial charge in [0, 0.05) is 11.1 Å². The molecule has 1 atom stereocenters. The number of nitrogens with one attached hydrogen (secondary N) is 2. The molecule has 1 aromatic rings. The van der Waals surface area contributed by atoms with Gasteiger partial charge in [0.2, 0.25) is 0 Å². The largest absolute Gasteiger partial charge is 0.466 e. The first-order valence-electron chi connectivity index (χ1n) is 7.87. The standard InChI is InChI=1S/C19H24N2O2S/c1-12-6-8-13(9-7-12)10-11-14-15(17(22)23-5)16(19(2,3)4)21-18(24)20-14/h6-11,14H,1-5H3,(H2,20,21,24)/b11-10+/t14-/m0/s1. The molecule has 1 aliphatic heterocycles. The molecule has 1 aromatic carbocycles. The first-order chi connectivity index (χ1) is 11.2. The average molecular weight is 344 g/mol. The van der Waals surface area contributed by atoms with E-state index >= 15 is 0 Å². The molecule has 0 unspecified atom stereocenters. The van der Waals surface area contributed by atoms with E-state index in [1.165, 1.54) is 12.7 Å². The number of esters is 1. The van der Waals surface area contributed by atoms with Gasteiger partial charge in [0.1, 0.15) is 0 Å². The minimum absolute atomic E-state index is 0.258. The molecule has 128 valence electrons. The molecular formula is C19H24N2O2S. The molecule has 0 spiro atoms. The summed E-state index contributed by atoms with van der Waals surface area (Å²) in [5.41, 5.74) is 3.36. The molecule has 2 rings (SSSR count). The van der Waals surface area contributed by atoms with Crippen molar-refractivity contribution >= 4 is 29.4 Å². The third kappa shape index (κ3) is 4.23. The predicted octanol–water partition coefficient (Wildman–Crippen LogP) is 3.33. The summed E-state index contributed by atoms with van der Waals surface area (Å²) < 4.78 is 4.99. The third-order valence-electron chi connectivity index (χ3n) is 3.82. The summed E-state index contributed by atoms with van der Waals surface area (Å²) >= 11 is 5.31. The third-order valence-corrected chi connectivity index (χ3v) is 4.04. The van der Waals surface area contributed by atoms with E-state index in [0.717, 1.165) is 11.3 Å². The molecule has 24 heavy (non-hydrogen) atoms. The van der Waals surface area contributed by atoms with Gasteiger partial charge in [0.25, 0.3) is 0 Å². The summed E-state index contributed by atoms with van der Waals surface area (Å²) in [7, 11) is 1.39. The number of carbonyl (C=O) groups is 1. The van der Waals surface area contributed by atoms with Crippen LogP contribution in [0, 0.1) is 12.3 Å². The topological polar surface area (TPSA) is 50.4 Å². The van der Waals surface area contributed by atoms with E-state index in [2.05, 4.69) is 22.8 Å². The smallest absolute Gasteiger partial charge is 0.337 e. The molecule has 2 N–H and O–H groups in total. The fraction of sp³-hybridized carbons (Fsp3) is 0.368. The molecular weight excluding hydrogens is 320 g/mol. The number of aryl methyl sites for hydroxylation is 1. The predicted molar refractivity (Wildman–Crippen MR) is 101 cm³/mol. The van der Waals surface area contributed by atoms with E-state index in [0.29, 0.717) is 10.7 Å². The lowest BCUT2D eigenvalue weighted by atomic mass is 9.85. The lowest BCUT2D eigenvalue weighted by Gasteiger charge is -2.35. The van der Waals surface area contributed by atoms with Crippen LogP contribution in [0.1, 0.15) is 31.9 Å². The zero-order chi connectivity index (χ0) is 17.9. The molecule has 0 fully saturated rings. The Morgan fingerprint density at radius 1 is 1.25 bits per heavy atom. The van der Waals surface area contributed by atoms with Gasteiger partial charge >= 0.3 is 5.97 Å². The van der Waals surface area contributed by atoms with Crippen LogP contribution >= 0.6 is 12.2 Å². The van der Waals surface area contributed by atoms with Crippen LogP contribution in [0.15, 0.2) is 41.6 Å². The second kappa shape index (κ2) is 7.18. The van der Waals surface area contributed by atoms with Crippen LogP contribution in [0.5, 0.6) is 0 Å². The van der Waals surface area contributed by atoms with Gasteiger partial charge in [0.05, 0.1) is 18.7 Å². The maximum Gasteiger partial charge on any atom is 0.337 e. The highest BCUT2D eigenvalue weighted by atomic mass is 32.1. The molecule has 0 saturated carbocycles. The number of hydrogen-bond donors (Lipinski definition) is 2. The quantitative estimate of drug-likeness (QED) is 0.651. The highest BCUT2D eigenvalue weighted by molar-refractivity contribution is 7.80. The number of benzene rings is 1. The van der Waals surface area contributed by atoms with Gasteiger partial charge in [-0.2, -0.15) is 0 Å². The second-order valence-electron chi connectivity index (χ2n) is 6.88. The maximum atomic E-state index is 12.4. The Labute approximate surface area is 149 Å². The summed E-state index contributed by atoms with van der Waals surface area (Å²) in [6.45, 7) is 8.15. The van der Waals surface area contributed by atoms with Crippen molar-refractivity contribution in [2.75, 3.05) is 7.11 Å².